The molecule has 8 nitrogen and oxygen atoms in total. The van der Waals surface area contributed by atoms with Crippen LogP contribution in [0.5, 0.6) is 0 Å². The number of aliphatic carboxylic acids is 2. The largest absolute Gasteiger partial charge is 0.473 e. The van der Waals surface area contributed by atoms with E-state index in [1.54, 1.807) is 12.1 Å². The monoisotopic (exact) mass is 411 g/mol. The van der Waals surface area contributed by atoms with E-state index in [2.05, 4.69) is 16.8 Å². The zero-order chi connectivity index (χ0) is 20.7. The Morgan fingerprint density at radius 3 is 2.04 bits per heavy atom. The van der Waals surface area contributed by atoms with Gasteiger partial charge in [-0.15, -0.1) is 0 Å². The fraction of sp³-hybridized carbons (Fsp3) is 0.526. The van der Waals surface area contributed by atoms with Crippen molar-refractivity contribution < 1.29 is 24.6 Å². The van der Waals surface area contributed by atoms with E-state index in [1.807, 2.05) is 17.0 Å². The molecule has 28 heavy (non-hydrogen) atoms. The van der Waals surface area contributed by atoms with Crippen LogP contribution >= 0.6 is 11.6 Å². The Kier molecular flexibility index (Phi) is 8.22. The van der Waals surface area contributed by atoms with Crippen molar-refractivity contribution in [2.45, 2.75) is 18.9 Å². The highest BCUT2D eigenvalue weighted by Gasteiger charge is 2.28. The van der Waals surface area contributed by atoms with Crippen LogP contribution in [0.25, 0.3) is 0 Å². The highest BCUT2D eigenvalue weighted by molar-refractivity contribution is 6.31. The minimum Gasteiger partial charge on any atom is -0.473 e. The molecular formula is C19H26ClN3O5. The van der Waals surface area contributed by atoms with Crippen LogP contribution in [-0.4, -0.2) is 95.1 Å². The second kappa shape index (κ2) is 10.4. The van der Waals surface area contributed by atoms with Crippen LogP contribution in [0.3, 0.4) is 0 Å². The third kappa shape index (κ3) is 6.47. The number of hydrogen-bond acceptors (Lipinski definition) is 5. The predicted octanol–water partition coefficient (Wildman–Crippen LogP) is 1.35. The second-order valence-electron chi connectivity index (χ2n) is 6.98. The van der Waals surface area contributed by atoms with Crippen molar-refractivity contribution in [3.63, 3.8) is 0 Å². The van der Waals surface area contributed by atoms with Gasteiger partial charge < -0.3 is 20.0 Å². The summed E-state index contributed by atoms with van der Waals surface area (Å²) in [6, 6.07) is 7.89. The molecule has 3 rings (SSSR count). The van der Waals surface area contributed by atoms with Gasteiger partial charge in [0.15, 0.2) is 0 Å². The fourth-order valence-corrected chi connectivity index (χ4v) is 3.62. The fourth-order valence-electron chi connectivity index (χ4n) is 3.43. The molecule has 1 aromatic carbocycles. The van der Waals surface area contributed by atoms with Crippen molar-refractivity contribution in [2.24, 2.45) is 0 Å². The van der Waals surface area contributed by atoms with Gasteiger partial charge in [-0.05, 0) is 38.1 Å². The number of piperazine rings is 1. The molecule has 154 valence electrons. The number of halogens is 1. The van der Waals surface area contributed by atoms with Gasteiger partial charge in [0.05, 0.1) is 0 Å². The van der Waals surface area contributed by atoms with Gasteiger partial charge >= 0.3 is 11.9 Å². The number of carboxylic acids is 2. The van der Waals surface area contributed by atoms with E-state index in [-0.39, 0.29) is 5.91 Å². The van der Waals surface area contributed by atoms with Crippen molar-refractivity contribution in [3.8, 4) is 0 Å². The van der Waals surface area contributed by atoms with E-state index >= 15 is 0 Å². The number of rotatable bonds is 2. The zero-order valence-electron chi connectivity index (χ0n) is 15.9. The summed E-state index contributed by atoms with van der Waals surface area (Å²) in [5.41, 5.74) is 0.700. The topological polar surface area (TPSA) is 101 Å². The molecule has 0 aromatic heterocycles. The van der Waals surface area contributed by atoms with Crippen molar-refractivity contribution in [1.82, 2.24) is 14.7 Å². The molecule has 0 spiro atoms. The van der Waals surface area contributed by atoms with E-state index < -0.39 is 11.9 Å². The number of carbonyl (C=O) groups excluding carboxylic acids is 1. The van der Waals surface area contributed by atoms with Gasteiger partial charge in [0, 0.05) is 55.9 Å². The standard InChI is InChI=1S/C17H24ClN3O.C2H2O4/c1-19-9-11-20(12-10-19)16-5-7-21(8-6-16)17(22)14-3-2-4-15(18)13-14;3-1(4)2(5)6/h2-4,13,16H,5-12H2,1H3;(H,3,4)(H,5,6). The van der Waals surface area contributed by atoms with Gasteiger partial charge in [-0.1, -0.05) is 17.7 Å². The predicted molar refractivity (Wildman–Crippen MR) is 105 cm³/mol. The van der Waals surface area contributed by atoms with Gasteiger partial charge in [-0.25, -0.2) is 9.59 Å². The van der Waals surface area contributed by atoms with Gasteiger partial charge in [-0.3, -0.25) is 9.69 Å². The summed E-state index contributed by atoms with van der Waals surface area (Å²) in [6.07, 6.45) is 2.16. The lowest BCUT2D eigenvalue weighted by Gasteiger charge is -2.42. The van der Waals surface area contributed by atoms with Crippen LogP contribution in [0.1, 0.15) is 23.2 Å². The maximum absolute atomic E-state index is 12.5. The van der Waals surface area contributed by atoms with Crippen LogP contribution in [0.15, 0.2) is 24.3 Å². The Hall–Kier alpha value is -2.16. The highest BCUT2D eigenvalue weighted by atomic mass is 35.5. The molecule has 1 amide bonds. The zero-order valence-corrected chi connectivity index (χ0v) is 16.6. The number of piperidine rings is 1. The third-order valence-electron chi connectivity index (χ3n) is 5.06. The maximum atomic E-state index is 12.5. The summed E-state index contributed by atoms with van der Waals surface area (Å²) >= 11 is 5.98. The summed E-state index contributed by atoms with van der Waals surface area (Å²) < 4.78 is 0. The van der Waals surface area contributed by atoms with E-state index in [1.165, 1.54) is 0 Å². The molecular weight excluding hydrogens is 386 g/mol. The van der Waals surface area contributed by atoms with Gasteiger partial charge in [0.2, 0.25) is 0 Å². The molecule has 2 aliphatic heterocycles. The minimum absolute atomic E-state index is 0.110. The molecule has 0 aliphatic carbocycles. The molecule has 2 aliphatic rings. The quantitative estimate of drug-likeness (QED) is 0.708. The lowest BCUT2D eigenvalue weighted by atomic mass is 10.0. The number of likely N-dealkylation sites (N-methyl/N-ethyl adjacent to an activating group) is 1. The molecule has 2 heterocycles. The van der Waals surface area contributed by atoms with Crippen LogP contribution in [0.2, 0.25) is 5.02 Å². The number of carbonyl (C=O) groups is 3. The minimum atomic E-state index is -1.82. The molecule has 2 N–H and O–H groups in total. The van der Waals surface area contributed by atoms with Gasteiger partial charge in [-0.2, -0.15) is 0 Å². The van der Waals surface area contributed by atoms with Gasteiger partial charge in [0.1, 0.15) is 0 Å². The number of nitrogens with zero attached hydrogens (tertiary/aromatic N) is 3. The average Bonchev–Trinajstić information content (AvgIpc) is 2.68. The SMILES string of the molecule is CN1CCN(C2CCN(C(=O)c3cccc(Cl)c3)CC2)CC1.O=C(O)C(=O)O. The first-order valence-corrected chi connectivity index (χ1v) is 9.59. The Balaban J connectivity index is 0.000000409. The molecule has 9 heteroatoms. The maximum Gasteiger partial charge on any atom is 0.414 e. The molecule has 0 radical (unpaired) electrons. The van der Waals surface area contributed by atoms with E-state index in [0.717, 1.165) is 52.1 Å². The summed E-state index contributed by atoms with van der Waals surface area (Å²) in [4.78, 5) is 37.7. The summed E-state index contributed by atoms with van der Waals surface area (Å²) in [5.74, 6) is -3.54. The average molecular weight is 412 g/mol. The van der Waals surface area contributed by atoms with Crippen LogP contribution in [0, 0.1) is 0 Å². The Morgan fingerprint density at radius 2 is 1.54 bits per heavy atom. The molecule has 2 fully saturated rings. The van der Waals surface area contributed by atoms with E-state index in [4.69, 9.17) is 31.4 Å². The normalized spacial score (nSPS) is 18.9. The van der Waals surface area contributed by atoms with Crippen molar-refractivity contribution in [3.05, 3.63) is 34.9 Å². The number of likely N-dealkylation sites (tertiary alicyclic amines) is 1. The first kappa shape index (κ1) is 22.1. The summed E-state index contributed by atoms with van der Waals surface area (Å²) in [7, 11) is 2.18. The Morgan fingerprint density at radius 1 is 0.964 bits per heavy atom. The van der Waals surface area contributed by atoms with Crippen molar-refractivity contribution in [2.75, 3.05) is 46.3 Å². The lowest BCUT2D eigenvalue weighted by molar-refractivity contribution is -0.159. The molecule has 0 atom stereocenters. The lowest BCUT2D eigenvalue weighted by Crippen LogP contribution is -2.52. The molecule has 2 saturated heterocycles. The molecule has 1 aromatic rings. The number of amides is 1. The Labute approximate surface area is 169 Å². The number of benzene rings is 1. The molecule has 0 saturated carbocycles. The number of carboxylic acid groups (broad SMARTS) is 2. The van der Waals surface area contributed by atoms with E-state index in [9.17, 15) is 4.79 Å². The summed E-state index contributed by atoms with van der Waals surface area (Å²) in [5, 5.41) is 15.4. The molecule has 0 bridgehead atoms. The second-order valence-corrected chi connectivity index (χ2v) is 7.42. The van der Waals surface area contributed by atoms with Crippen molar-refractivity contribution in [1.29, 1.82) is 0 Å². The first-order valence-electron chi connectivity index (χ1n) is 9.21. The van der Waals surface area contributed by atoms with Crippen LogP contribution in [-0.2, 0) is 9.59 Å². The molecule has 0 unspecified atom stereocenters. The summed E-state index contributed by atoms with van der Waals surface area (Å²) in [6.45, 7) is 6.32. The first-order chi connectivity index (χ1) is 13.3. The Bertz CT molecular complexity index is 687. The highest BCUT2D eigenvalue weighted by Crippen LogP contribution is 2.20. The van der Waals surface area contributed by atoms with Crippen molar-refractivity contribution >= 4 is 29.4 Å². The van der Waals surface area contributed by atoms with Crippen LogP contribution < -0.4 is 0 Å². The smallest absolute Gasteiger partial charge is 0.414 e. The van der Waals surface area contributed by atoms with Crippen LogP contribution in [0.4, 0.5) is 0 Å². The van der Waals surface area contributed by atoms with E-state index in [0.29, 0.717) is 16.6 Å². The number of hydrogen-bond donors (Lipinski definition) is 2. The van der Waals surface area contributed by atoms with Gasteiger partial charge in [0.25, 0.3) is 5.91 Å². The third-order valence-corrected chi connectivity index (χ3v) is 5.30.